The Bertz CT molecular complexity index is 703. The first-order valence-electron chi connectivity index (χ1n) is 4.81. The molecule has 0 bridgehead atoms. The highest BCUT2D eigenvalue weighted by molar-refractivity contribution is 7.13. The van der Waals surface area contributed by atoms with Crippen LogP contribution in [0.25, 0.3) is 21.7 Å². The SMILES string of the molecule is Cc1nnc(-c2nsc3ccc(N=O)cc23)o1. The van der Waals surface area contributed by atoms with Crippen LogP contribution >= 0.6 is 11.5 Å². The summed E-state index contributed by atoms with van der Waals surface area (Å²) in [5, 5.41) is 11.4. The number of hydrogen-bond acceptors (Lipinski definition) is 7. The van der Waals surface area contributed by atoms with E-state index in [1.807, 2.05) is 0 Å². The maximum Gasteiger partial charge on any atom is 0.268 e. The van der Waals surface area contributed by atoms with Crippen LogP contribution in [0.5, 0.6) is 0 Å². The molecule has 2 heterocycles. The van der Waals surface area contributed by atoms with Gasteiger partial charge in [-0.2, -0.15) is 4.37 Å². The van der Waals surface area contributed by atoms with Crippen molar-refractivity contribution in [3.05, 3.63) is 29.0 Å². The first-order chi connectivity index (χ1) is 8.28. The summed E-state index contributed by atoms with van der Waals surface area (Å²) in [6.45, 7) is 1.71. The molecule has 6 nitrogen and oxygen atoms in total. The first kappa shape index (κ1) is 10.0. The monoisotopic (exact) mass is 246 g/mol. The first-order valence-corrected chi connectivity index (χ1v) is 5.58. The molecule has 0 saturated heterocycles. The van der Waals surface area contributed by atoms with E-state index in [1.54, 1.807) is 25.1 Å². The van der Waals surface area contributed by atoms with E-state index in [-0.39, 0.29) is 0 Å². The summed E-state index contributed by atoms with van der Waals surface area (Å²) in [6, 6.07) is 5.12. The molecular weight excluding hydrogens is 240 g/mol. The molecule has 7 heteroatoms. The van der Waals surface area contributed by atoms with Crippen molar-refractivity contribution in [2.24, 2.45) is 5.18 Å². The molecule has 1 aromatic carbocycles. The zero-order chi connectivity index (χ0) is 11.8. The van der Waals surface area contributed by atoms with Crippen LogP contribution < -0.4 is 0 Å². The van der Waals surface area contributed by atoms with Crippen LogP contribution in [-0.4, -0.2) is 14.6 Å². The minimum atomic E-state index is 0.357. The predicted molar refractivity (Wildman–Crippen MR) is 63.1 cm³/mol. The van der Waals surface area contributed by atoms with E-state index in [9.17, 15) is 4.91 Å². The summed E-state index contributed by atoms with van der Waals surface area (Å²) in [5.74, 6) is 0.836. The molecule has 0 aliphatic carbocycles. The zero-order valence-electron chi connectivity index (χ0n) is 8.75. The highest BCUT2D eigenvalue weighted by Gasteiger charge is 2.14. The van der Waals surface area contributed by atoms with Crippen LogP contribution in [0.1, 0.15) is 5.89 Å². The van der Waals surface area contributed by atoms with Crippen molar-refractivity contribution in [2.45, 2.75) is 6.92 Å². The van der Waals surface area contributed by atoms with Crippen LogP contribution in [0.2, 0.25) is 0 Å². The van der Waals surface area contributed by atoms with Gasteiger partial charge in [-0.15, -0.1) is 15.1 Å². The van der Waals surface area contributed by atoms with Crippen molar-refractivity contribution in [3.63, 3.8) is 0 Å². The normalized spacial score (nSPS) is 10.9. The van der Waals surface area contributed by atoms with E-state index >= 15 is 0 Å². The van der Waals surface area contributed by atoms with Gasteiger partial charge in [-0.1, -0.05) is 0 Å². The minimum absolute atomic E-state index is 0.357. The Morgan fingerprint density at radius 1 is 1.35 bits per heavy atom. The van der Waals surface area contributed by atoms with E-state index in [1.165, 1.54) is 11.5 Å². The molecule has 0 N–H and O–H groups in total. The van der Waals surface area contributed by atoms with Crippen LogP contribution in [0.4, 0.5) is 5.69 Å². The van der Waals surface area contributed by atoms with Crippen LogP contribution in [0.3, 0.4) is 0 Å². The summed E-state index contributed by atoms with van der Waals surface area (Å²) < 4.78 is 10.5. The second-order valence-corrected chi connectivity index (χ2v) is 4.23. The molecule has 84 valence electrons. The van der Waals surface area contributed by atoms with Gasteiger partial charge < -0.3 is 4.42 Å². The molecule has 0 atom stereocenters. The molecule has 0 amide bonds. The van der Waals surface area contributed by atoms with Crippen LogP contribution in [0.15, 0.2) is 27.8 Å². The molecule has 3 rings (SSSR count). The van der Waals surface area contributed by atoms with Gasteiger partial charge in [-0.25, -0.2) is 0 Å². The number of nitrogens with zero attached hydrogens (tertiary/aromatic N) is 4. The quantitative estimate of drug-likeness (QED) is 0.649. The molecular formula is C10H6N4O2S. The lowest BCUT2D eigenvalue weighted by Crippen LogP contribution is -1.77. The summed E-state index contributed by atoms with van der Waals surface area (Å²) >= 11 is 1.32. The topological polar surface area (TPSA) is 81.2 Å². The Labute approximate surface area is 99.4 Å². The van der Waals surface area contributed by atoms with E-state index in [0.29, 0.717) is 23.2 Å². The van der Waals surface area contributed by atoms with Gasteiger partial charge >= 0.3 is 0 Å². The van der Waals surface area contributed by atoms with Crippen molar-refractivity contribution < 1.29 is 4.42 Å². The van der Waals surface area contributed by atoms with Crippen LogP contribution in [0, 0.1) is 11.8 Å². The number of benzene rings is 1. The second-order valence-electron chi connectivity index (χ2n) is 3.43. The third kappa shape index (κ3) is 1.60. The Hall–Kier alpha value is -2.15. The molecule has 0 unspecified atom stereocenters. The fourth-order valence-electron chi connectivity index (χ4n) is 1.53. The number of aryl methyl sites for hydroxylation is 1. The largest absolute Gasteiger partial charge is 0.420 e. The van der Waals surface area contributed by atoms with Gasteiger partial charge in [0.05, 0.1) is 4.70 Å². The number of aromatic nitrogens is 3. The van der Waals surface area contributed by atoms with Crippen molar-refractivity contribution in [1.82, 2.24) is 14.6 Å². The highest BCUT2D eigenvalue weighted by atomic mass is 32.1. The van der Waals surface area contributed by atoms with E-state index < -0.39 is 0 Å². The maximum absolute atomic E-state index is 10.5. The Balaban J connectivity index is 2.26. The molecule has 17 heavy (non-hydrogen) atoms. The van der Waals surface area contributed by atoms with Gasteiger partial charge in [-0.3, -0.25) is 0 Å². The Kier molecular flexibility index (Phi) is 2.19. The van der Waals surface area contributed by atoms with E-state index in [2.05, 4.69) is 19.7 Å². The average molecular weight is 246 g/mol. The molecule has 3 aromatic rings. The van der Waals surface area contributed by atoms with Crippen molar-refractivity contribution >= 4 is 27.3 Å². The fraction of sp³-hybridized carbons (Fsp3) is 0.100. The van der Waals surface area contributed by atoms with Gasteiger partial charge in [0.15, 0.2) is 0 Å². The van der Waals surface area contributed by atoms with Crippen LogP contribution in [-0.2, 0) is 0 Å². The number of rotatable bonds is 2. The van der Waals surface area contributed by atoms with E-state index in [4.69, 9.17) is 4.42 Å². The lowest BCUT2D eigenvalue weighted by Gasteiger charge is -1.92. The molecule has 0 spiro atoms. The van der Waals surface area contributed by atoms with Crippen molar-refractivity contribution in [1.29, 1.82) is 0 Å². The molecule has 0 saturated carbocycles. The zero-order valence-corrected chi connectivity index (χ0v) is 9.56. The van der Waals surface area contributed by atoms with Crippen molar-refractivity contribution in [2.75, 3.05) is 0 Å². The standard InChI is InChI=1S/C10H6N4O2S/c1-5-11-12-10(16-5)9-7-4-6(13-15)2-3-8(7)17-14-9/h2-4H,1H3. The molecule has 0 radical (unpaired) electrons. The number of nitroso groups, excluding NO2 is 1. The lowest BCUT2D eigenvalue weighted by molar-refractivity contribution is 0.532. The van der Waals surface area contributed by atoms with E-state index in [0.717, 1.165) is 10.1 Å². The number of hydrogen-bond donors (Lipinski definition) is 0. The molecule has 2 aromatic heterocycles. The summed E-state index contributed by atoms with van der Waals surface area (Å²) in [5.41, 5.74) is 0.950. The molecule has 0 fully saturated rings. The third-order valence-electron chi connectivity index (χ3n) is 2.29. The summed E-state index contributed by atoms with van der Waals surface area (Å²) in [6.07, 6.45) is 0. The van der Waals surface area contributed by atoms with Gasteiger partial charge in [0.2, 0.25) is 5.89 Å². The minimum Gasteiger partial charge on any atom is -0.420 e. The van der Waals surface area contributed by atoms with Gasteiger partial charge in [0.1, 0.15) is 11.4 Å². The summed E-state index contributed by atoms with van der Waals surface area (Å²) in [4.78, 5) is 10.5. The second kappa shape index (κ2) is 3.70. The fourth-order valence-corrected chi connectivity index (χ4v) is 2.28. The third-order valence-corrected chi connectivity index (χ3v) is 3.11. The lowest BCUT2D eigenvalue weighted by atomic mass is 10.2. The van der Waals surface area contributed by atoms with Gasteiger partial charge in [0.25, 0.3) is 5.89 Å². The molecule has 0 aliphatic rings. The highest BCUT2D eigenvalue weighted by Crippen LogP contribution is 2.32. The van der Waals surface area contributed by atoms with Gasteiger partial charge in [-0.05, 0) is 34.9 Å². The smallest absolute Gasteiger partial charge is 0.268 e. The number of fused-ring (bicyclic) bond motifs is 1. The Morgan fingerprint density at radius 2 is 2.24 bits per heavy atom. The maximum atomic E-state index is 10.5. The predicted octanol–water partition coefficient (Wildman–Crippen LogP) is 3.05. The van der Waals surface area contributed by atoms with Crippen molar-refractivity contribution in [3.8, 4) is 11.6 Å². The Morgan fingerprint density at radius 3 is 2.94 bits per heavy atom. The average Bonchev–Trinajstić information content (AvgIpc) is 2.93. The van der Waals surface area contributed by atoms with Gasteiger partial charge in [0, 0.05) is 12.3 Å². The molecule has 0 aliphatic heterocycles. The summed E-state index contributed by atoms with van der Waals surface area (Å²) in [7, 11) is 0.